The van der Waals surface area contributed by atoms with Crippen molar-refractivity contribution in [3.63, 3.8) is 0 Å². The number of carboxylic acids is 1. The average Bonchev–Trinajstić information content (AvgIpc) is 2.42. The normalized spacial score (nSPS) is 10.4. The third-order valence-corrected chi connectivity index (χ3v) is 2.63. The molecule has 0 aromatic carbocycles. The summed E-state index contributed by atoms with van der Waals surface area (Å²) in [6.07, 6.45) is 1.51. The van der Waals surface area contributed by atoms with Crippen molar-refractivity contribution in [1.29, 1.82) is 0 Å². The van der Waals surface area contributed by atoms with Gasteiger partial charge in [-0.1, -0.05) is 0 Å². The van der Waals surface area contributed by atoms with E-state index in [1.54, 1.807) is 12.1 Å². The van der Waals surface area contributed by atoms with Gasteiger partial charge >= 0.3 is 5.97 Å². The van der Waals surface area contributed by atoms with Crippen LogP contribution < -0.4 is 4.74 Å². The van der Waals surface area contributed by atoms with Crippen LogP contribution in [0.3, 0.4) is 0 Å². The number of carboxylic acid groups (broad SMARTS) is 1. The van der Waals surface area contributed by atoms with E-state index < -0.39 is 11.9 Å². The summed E-state index contributed by atoms with van der Waals surface area (Å²) in [5.74, 6) is -1.27. The first kappa shape index (κ1) is 15.9. The van der Waals surface area contributed by atoms with E-state index in [2.05, 4.69) is 4.98 Å². The summed E-state index contributed by atoms with van der Waals surface area (Å²) in [6.45, 7) is 0.530. The van der Waals surface area contributed by atoms with E-state index >= 15 is 0 Å². The molecule has 0 saturated carbocycles. The van der Waals surface area contributed by atoms with Gasteiger partial charge in [0, 0.05) is 19.3 Å². The van der Waals surface area contributed by atoms with Crippen LogP contribution in [-0.2, 0) is 4.79 Å². The Kier molecular flexibility index (Phi) is 5.92. The number of carbonyl (C=O) groups excluding carboxylic acids is 1. The second-order valence-electron chi connectivity index (χ2n) is 4.48. The van der Waals surface area contributed by atoms with Gasteiger partial charge in [-0.25, -0.2) is 4.98 Å². The number of nitrogens with zero attached hydrogens (tertiary/aromatic N) is 3. The zero-order valence-corrected chi connectivity index (χ0v) is 11.9. The SMILES string of the molecule is COc1ncccc1C(=O)N(CCN(C)C)CC(=O)O. The third kappa shape index (κ3) is 4.51. The van der Waals surface area contributed by atoms with E-state index in [1.807, 2.05) is 19.0 Å². The topological polar surface area (TPSA) is 83.0 Å². The number of hydrogen-bond donors (Lipinski definition) is 1. The fourth-order valence-electron chi connectivity index (χ4n) is 1.62. The number of ether oxygens (including phenoxy) is 1. The van der Waals surface area contributed by atoms with Crippen LogP contribution in [0.4, 0.5) is 0 Å². The summed E-state index contributed by atoms with van der Waals surface area (Å²) < 4.78 is 5.03. The van der Waals surface area contributed by atoms with Gasteiger partial charge in [0.15, 0.2) is 0 Å². The molecule has 20 heavy (non-hydrogen) atoms. The van der Waals surface area contributed by atoms with Crippen LogP contribution in [0.1, 0.15) is 10.4 Å². The molecule has 0 aliphatic carbocycles. The number of methoxy groups -OCH3 is 1. The molecular weight excluding hydrogens is 262 g/mol. The fraction of sp³-hybridized carbons (Fsp3) is 0.462. The zero-order valence-electron chi connectivity index (χ0n) is 11.9. The van der Waals surface area contributed by atoms with Gasteiger partial charge in [0.05, 0.1) is 7.11 Å². The maximum Gasteiger partial charge on any atom is 0.323 e. The monoisotopic (exact) mass is 281 g/mol. The van der Waals surface area contributed by atoms with Crippen LogP contribution in [0.15, 0.2) is 18.3 Å². The van der Waals surface area contributed by atoms with Gasteiger partial charge in [-0.15, -0.1) is 0 Å². The molecule has 1 aromatic heterocycles. The van der Waals surface area contributed by atoms with Gasteiger partial charge in [0.2, 0.25) is 5.88 Å². The highest BCUT2D eigenvalue weighted by Gasteiger charge is 2.22. The molecular formula is C13H19N3O4. The molecule has 0 unspecified atom stereocenters. The van der Waals surface area contributed by atoms with Crippen LogP contribution in [-0.4, -0.2) is 72.6 Å². The van der Waals surface area contributed by atoms with Crippen molar-refractivity contribution < 1.29 is 19.4 Å². The Morgan fingerprint density at radius 3 is 2.60 bits per heavy atom. The Morgan fingerprint density at radius 1 is 1.35 bits per heavy atom. The minimum Gasteiger partial charge on any atom is -0.480 e. The Morgan fingerprint density at radius 2 is 2.05 bits per heavy atom. The Balaban J connectivity index is 2.93. The molecule has 1 N–H and O–H groups in total. The number of amides is 1. The van der Waals surface area contributed by atoms with Crippen LogP contribution in [0.25, 0.3) is 0 Å². The first-order valence-electron chi connectivity index (χ1n) is 6.10. The van der Waals surface area contributed by atoms with Gasteiger partial charge in [-0.3, -0.25) is 9.59 Å². The van der Waals surface area contributed by atoms with E-state index in [1.165, 1.54) is 18.2 Å². The molecule has 0 saturated heterocycles. The standard InChI is InChI=1S/C13H19N3O4/c1-15(2)7-8-16(9-11(17)18)13(19)10-5-4-6-14-12(10)20-3/h4-6H,7-9H2,1-3H3,(H,17,18). The molecule has 1 amide bonds. The molecule has 7 heteroatoms. The number of pyridine rings is 1. The molecule has 110 valence electrons. The number of hydrogen-bond acceptors (Lipinski definition) is 5. The van der Waals surface area contributed by atoms with Gasteiger partial charge < -0.3 is 19.6 Å². The fourth-order valence-corrected chi connectivity index (χ4v) is 1.62. The van der Waals surface area contributed by atoms with Crippen molar-refractivity contribution in [2.24, 2.45) is 0 Å². The van der Waals surface area contributed by atoms with Gasteiger partial charge in [-0.05, 0) is 26.2 Å². The highest BCUT2D eigenvalue weighted by Crippen LogP contribution is 2.16. The number of aliphatic carboxylic acids is 1. The summed E-state index contributed by atoms with van der Waals surface area (Å²) in [7, 11) is 5.13. The van der Waals surface area contributed by atoms with Crippen LogP contribution in [0.2, 0.25) is 0 Å². The average molecular weight is 281 g/mol. The van der Waals surface area contributed by atoms with E-state index in [4.69, 9.17) is 9.84 Å². The van der Waals surface area contributed by atoms with Crippen LogP contribution >= 0.6 is 0 Å². The number of carbonyl (C=O) groups is 2. The van der Waals surface area contributed by atoms with E-state index in [-0.39, 0.29) is 18.0 Å². The quantitative estimate of drug-likeness (QED) is 0.767. The lowest BCUT2D eigenvalue weighted by molar-refractivity contribution is -0.137. The molecule has 1 rings (SSSR count). The van der Waals surface area contributed by atoms with Crippen LogP contribution in [0.5, 0.6) is 5.88 Å². The Labute approximate surface area is 117 Å². The number of likely N-dealkylation sites (N-methyl/N-ethyl adjacent to an activating group) is 1. The molecule has 7 nitrogen and oxygen atoms in total. The summed E-state index contributed by atoms with van der Waals surface area (Å²) in [4.78, 5) is 30.4. The van der Waals surface area contributed by atoms with Gasteiger partial charge in [0.1, 0.15) is 12.1 Å². The van der Waals surface area contributed by atoms with Crippen molar-refractivity contribution in [3.8, 4) is 5.88 Å². The molecule has 0 spiro atoms. The zero-order chi connectivity index (χ0) is 15.1. The second-order valence-corrected chi connectivity index (χ2v) is 4.48. The molecule has 1 aromatic rings. The van der Waals surface area contributed by atoms with Crippen LogP contribution in [0, 0.1) is 0 Å². The number of aromatic nitrogens is 1. The summed E-state index contributed by atoms with van der Waals surface area (Å²) in [5.41, 5.74) is 0.259. The van der Waals surface area contributed by atoms with Crippen molar-refractivity contribution >= 4 is 11.9 Å². The maximum atomic E-state index is 12.4. The highest BCUT2D eigenvalue weighted by molar-refractivity contribution is 5.97. The Bertz CT molecular complexity index is 476. The lowest BCUT2D eigenvalue weighted by Crippen LogP contribution is -2.40. The van der Waals surface area contributed by atoms with Gasteiger partial charge in [-0.2, -0.15) is 0 Å². The Hall–Kier alpha value is -2.15. The molecule has 0 bridgehead atoms. The number of rotatable bonds is 7. The summed E-state index contributed by atoms with van der Waals surface area (Å²) in [5, 5.41) is 8.92. The van der Waals surface area contributed by atoms with Gasteiger partial charge in [0.25, 0.3) is 5.91 Å². The lowest BCUT2D eigenvalue weighted by Gasteiger charge is -2.23. The van der Waals surface area contributed by atoms with Crippen molar-refractivity contribution in [3.05, 3.63) is 23.9 Å². The lowest BCUT2D eigenvalue weighted by atomic mass is 10.2. The van der Waals surface area contributed by atoms with Crippen molar-refractivity contribution in [2.45, 2.75) is 0 Å². The molecule has 0 radical (unpaired) electrons. The first-order valence-corrected chi connectivity index (χ1v) is 6.10. The van der Waals surface area contributed by atoms with E-state index in [0.29, 0.717) is 13.1 Å². The largest absolute Gasteiger partial charge is 0.480 e. The van der Waals surface area contributed by atoms with Crippen molar-refractivity contribution in [1.82, 2.24) is 14.8 Å². The first-order chi connectivity index (χ1) is 9.45. The molecule has 0 aliphatic rings. The summed E-state index contributed by atoms with van der Waals surface area (Å²) in [6, 6.07) is 3.18. The molecule has 1 heterocycles. The minimum absolute atomic E-state index is 0.192. The van der Waals surface area contributed by atoms with E-state index in [9.17, 15) is 9.59 Å². The molecule has 0 atom stereocenters. The smallest absolute Gasteiger partial charge is 0.323 e. The van der Waals surface area contributed by atoms with Crippen molar-refractivity contribution in [2.75, 3.05) is 40.8 Å². The highest BCUT2D eigenvalue weighted by atomic mass is 16.5. The molecule has 0 aliphatic heterocycles. The summed E-state index contributed by atoms with van der Waals surface area (Å²) >= 11 is 0. The predicted molar refractivity (Wildman–Crippen MR) is 72.9 cm³/mol. The molecule has 0 fully saturated rings. The minimum atomic E-state index is -1.06. The maximum absolute atomic E-state index is 12.4. The second kappa shape index (κ2) is 7.44. The van der Waals surface area contributed by atoms with E-state index in [0.717, 1.165) is 0 Å². The predicted octanol–water partition coefficient (Wildman–Crippen LogP) is 0.179. The third-order valence-electron chi connectivity index (χ3n) is 2.63.